The van der Waals surface area contributed by atoms with Crippen LogP contribution < -0.4 is 4.74 Å². The zero-order valence-electron chi connectivity index (χ0n) is 9.21. The summed E-state index contributed by atoms with van der Waals surface area (Å²) in [5.74, 6) is -0.0519. The summed E-state index contributed by atoms with van der Waals surface area (Å²) in [6, 6.07) is 3.29. The molecule has 0 saturated heterocycles. The van der Waals surface area contributed by atoms with E-state index in [-0.39, 0.29) is 17.5 Å². The van der Waals surface area contributed by atoms with Crippen molar-refractivity contribution < 1.29 is 13.9 Å². The number of halogens is 1. The molecule has 2 nitrogen and oxygen atoms in total. The Morgan fingerprint density at radius 1 is 1.53 bits per heavy atom. The van der Waals surface area contributed by atoms with Gasteiger partial charge in [-0.2, -0.15) is 0 Å². The molecule has 82 valence electrons. The van der Waals surface area contributed by atoms with E-state index in [9.17, 15) is 9.18 Å². The summed E-state index contributed by atoms with van der Waals surface area (Å²) in [5.41, 5.74) is 1.59. The summed E-state index contributed by atoms with van der Waals surface area (Å²) < 4.78 is 18.4. The van der Waals surface area contributed by atoms with Gasteiger partial charge < -0.3 is 9.53 Å². The van der Waals surface area contributed by atoms with Gasteiger partial charge in [0.2, 0.25) is 0 Å². The lowest BCUT2D eigenvalue weighted by Crippen LogP contribution is -1.99. The van der Waals surface area contributed by atoms with Crippen molar-refractivity contribution in [1.29, 1.82) is 0 Å². The van der Waals surface area contributed by atoms with Gasteiger partial charge in [-0.25, -0.2) is 4.39 Å². The predicted octanol–water partition coefficient (Wildman–Crippen LogP) is 2.84. The van der Waals surface area contributed by atoms with Gasteiger partial charge in [0.25, 0.3) is 0 Å². The molecule has 0 saturated carbocycles. The molecule has 0 N–H and O–H groups in total. The third-order valence-electron chi connectivity index (χ3n) is 2.47. The lowest BCUT2D eigenvalue weighted by atomic mass is 9.96. The van der Waals surface area contributed by atoms with Crippen molar-refractivity contribution in [2.24, 2.45) is 0 Å². The summed E-state index contributed by atoms with van der Waals surface area (Å²) in [7, 11) is 1.44. The van der Waals surface area contributed by atoms with Crippen LogP contribution in [0.15, 0.2) is 12.1 Å². The van der Waals surface area contributed by atoms with Crippen LogP contribution in [0.1, 0.15) is 30.4 Å². The second-order valence-electron chi connectivity index (χ2n) is 3.66. The Bertz CT molecular complexity index is 338. The van der Waals surface area contributed by atoms with Crippen LogP contribution in [0.3, 0.4) is 0 Å². The number of hydrogen-bond donors (Lipinski definition) is 0. The molecule has 0 aliphatic carbocycles. The highest BCUT2D eigenvalue weighted by Crippen LogP contribution is 2.28. The van der Waals surface area contributed by atoms with E-state index in [0.717, 1.165) is 17.4 Å². The Morgan fingerprint density at radius 3 is 2.67 bits per heavy atom. The minimum absolute atomic E-state index is 0.0432. The van der Waals surface area contributed by atoms with Gasteiger partial charge >= 0.3 is 0 Å². The molecule has 1 aromatic rings. The molecule has 3 heteroatoms. The first-order valence-electron chi connectivity index (χ1n) is 4.87. The summed E-state index contributed by atoms with van der Waals surface area (Å²) in [4.78, 5) is 10.4. The van der Waals surface area contributed by atoms with Crippen molar-refractivity contribution in [2.75, 3.05) is 7.11 Å². The number of aryl methyl sites for hydroxylation is 1. The molecule has 0 amide bonds. The summed E-state index contributed by atoms with van der Waals surface area (Å²) in [6.45, 7) is 3.69. The topological polar surface area (TPSA) is 26.3 Å². The van der Waals surface area contributed by atoms with E-state index in [1.54, 1.807) is 6.92 Å². The fourth-order valence-corrected chi connectivity index (χ4v) is 1.58. The lowest BCUT2D eigenvalue weighted by Gasteiger charge is -2.12. The molecular formula is C12H15FO2. The van der Waals surface area contributed by atoms with E-state index in [0.29, 0.717) is 6.42 Å². The Labute approximate surface area is 89.1 Å². The molecule has 15 heavy (non-hydrogen) atoms. The maximum absolute atomic E-state index is 13.5. The monoisotopic (exact) mass is 210 g/mol. The number of rotatable bonds is 4. The van der Waals surface area contributed by atoms with Crippen LogP contribution in [0.4, 0.5) is 4.39 Å². The Morgan fingerprint density at radius 2 is 2.20 bits per heavy atom. The quantitative estimate of drug-likeness (QED) is 0.714. The van der Waals surface area contributed by atoms with Crippen molar-refractivity contribution >= 4 is 6.29 Å². The number of benzene rings is 1. The zero-order chi connectivity index (χ0) is 11.4. The summed E-state index contributed by atoms with van der Waals surface area (Å²) >= 11 is 0. The van der Waals surface area contributed by atoms with Gasteiger partial charge in [0.15, 0.2) is 11.6 Å². The molecule has 1 rings (SSSR count). The number of ether oxygens (including phenoxy) is 1. The SMILES string of the molecule is COc1c(C)cc(C(C)CC=O)cc1F. The Balaban J connectivity index is 3.07. The van der Waals surface area contributed by atoms with Gasteiger partial charge in [0.05, 0.1) is 7.11 Å². The van der Waals surface area contributed by atoms with E-state index in [4.69, 9.17) is 4.74 Å². The Kier molecular flexibility index (Phi) is 3.83. The van der Waals surface area contributed by atoms with Crippen LogP contribution in [-0.4, -0.2) is 13.4 Å². The van der Waals surface area contributed by atoms with E-state index < -0.39 is 0 Å². The molecule has 0 radical (unpaired) electrons. The lowest BCUT2D eigenvalue weighted by molar-refractivity contribution is -0.108. The van der Waals surface area contributed by atoms with Crippen LogP contribution in [0, 0.1) is 12.7 Å². The average molecular weight is 210 g/mol. The molecule has 0 aromatic heterocycles. The fraction of sp³-hybridized carbons (Fsp3) is 0.417. The van der Waals surface area contributed by atoms with Gasteiger partial charge in [0, 0.05) is 6.42 Å². The van der Waals surface area contributed by atoms with Crippen LogP contribution in [0.5, 0.6) is 5.75 Å². The van der Waals surface area contributed by atoms with Gasteiger partial charge in [0.1, 0.15) is 6.29 Å². The molecular weight excluding hydrogens is 195 g/mol. The van der Waals surface area contributed by atoms with Crippen molar-refractivity contribution in [3.63, 3.8) is 0 Å². The van der Waals surface area contributed by atoms with Crippen molar-refractivity contribution in [3.05, 3.63) is 29.1 Å². The normalized spacial score (nSPS) is 12.3. The molecule has 0 fully saturated rings. The number of carbonyl (C=O) groups is 1. The number of hydrogen-bond acceptors (Lipinski definition) is 2. The van der Waals surface area contributed by atoms with Crippen molar-refractivity contribution in [2.45, 2.75) is 26.2 Å². The first kappa shape index (κ1) is 11.7. The smallest absolute Gasteiger partial charge is 0.165 e. The molecule has 1 unspecified atom stereocenters. The maximum atomic E-state index is 13.5. The number of aldehydes is 1. The second-order valence-corrected chi connectivity index (χ2v) is 3.66. The third kappa shape index (κ3) is 2.55. The average Bonchev–Trinajstić information content (AvgIpc) is 2.17. The highest BCUT2D eigenvalue weighted by Gasteiger charge is 2.12. The summed E-state index contributed by atoms with van der Waals surface area (Å²) in [6.07, 6.45) is 1.26. The molecule has 0 aliphatic rings. The standard InChI is InChI=1S/C12H15FO2/c1-8(4-5-14)10-6-9(2)12(15-3)11(13)7-10/h5-8H,4H2,1-3H3. The highest BCUT2D eigenvalue weighted by atomic mass is 19.1. The molecule has 0 aliphatic heterocycles. The third-order valence-corrected chi connectivity index (χ3v) is 2.47. The summed E-state index contributed by atoms with van der Waals surface area (Å²) in [5, 5.41) is 0. The van der Waals surface area contributed by atoms with Gasteiger partial charge in [-0.3, -0.25) is 0 Å². The van der Waals surface area contributed by atoms with Crippen molar-refractivity contribution in [1.82, 2.24) is 0 Å². The fourth-order valence-electron chi connectivity index (χ4n) is 1.58. The van der Waals surface area contributed by atoms with Crippen LogP contribution in [0.2, 0.25) is 0 Å². The first-order valence-corrected chi connectivity index (χ1v) is 4.87. The molecule has 1 aromatic carbocycles. The molecule has 1 atom stereocenters. The number of methoxy groups -OCH3 is 1. The van der Waals surface area contributed by atoms with Crippen molar-refractivity contribution in [3.8, 4) is 5.75 Å². The molecule has 0 bridgehead atoms. The van der Waals surface area contributed by atoms with Crippen LogP contribution in [-0.2, 0) is 4.79 Å². The first-order chi connectivity index (χ1) is 7.10. The number of carbonyl (C=O) groups excluding carboxylic acids is 1. The molecule has 0 heterocycles. The zero-order valence-corrected chi connectivity index (χ0v) is 9.21. The van der Waals surface area contributed by atoms with E-state index >= 15 is 0 Å². The van der Waals surface area contributed by atoms with Crippen LogP contribution >= 0.6 is 0 Å². The van der Waals surface area contributed by atoms with E-state index in [1.807, 2.05) is 13.0 Å². The minimum atomic E-state index is -0.370. The molecule has 0 spiro atoms. The minimum Gasteiger partial charge on any atom is -0.493 e. The predicted molar refractivity (Wildman–Crippen MR) is 56.8 cm³/mol. The van der Waals surface area contributed by atoms with E-state index in [1.165, 1.54) is 13.2 Å². The van der Waals surface area contributed by atoms with Gasteiger partial charge in [-0.15, -0.1) is 0 Å². The highest BCUT2D eigenvalue weighted by molar-refractivity contribution is 5.52. The van der Waals surface area contributed by atoms with E-state index in [2.05, 4.69) is 0 Å². The van der Waals surface area contributed by atoms with Gasteiger partial charge in [-0.05, 0) is 30.0 Å². The largest absolute Gasteiger partial charge is 0.493 e. The second kappa shape index (κ2) is 4.91. The van der Waals surface area contributed by atoms with Crippen LogP contribution in [0.25, 0.3) is 0 Å². The maximum Gasteiger partial charge on any atom is 0.165 e. The Hall–Kier alpha value is -1.38. The van der Waals surface area contributed by atoms with Gasteiger partial charge in [-0.1, -0.05) is 13.0 Å².